The van der Waals surface area contributed by atoms with Crippen molar-refractivity contribution in [3.8, 4) is 0 Å². The third kappa shape index (κ3) is 3.88. The first kappa shape index (κ1) is 15.2. The maximum absolute atomic E-state index is 12.1. The zero-order chi connectivity index (χ0) is 15.4. The number of carbonyl (C=O) groups is 2. The van der Waals surface area contributed by atoms with Crippen LogP contribution in [0.5, 0.6) is 0 Å². The number of amides is 1. The predicted molar refractivity (Wildman–Crippen MR) is 81.7 cm³/mol. The smallest absolute Gasteiger partial charge is 0.311 e. The van der Waals surface area contributed by atoms with Crippen LogP contribution in [-0.2, 0) is 16.0 Å². The molecule has 0 bridgehead atoms. The summed E-state index contributed by atoms with van der Waals surface area (Å²) in [5, 5.41) is 4.93. The number of benzene rings is 1. The Morgan fingerprint density at radius 1 is 1.29 bits per heavy atom. The van der Waals surface area contributed by atoms with Gasteiger partial charge in [0.2, 0.25) is 0 Å². The highest BCUT2D eigenvalue weighted by molar-refractivity contribution is 7.14. The number of aromatic nitrogens is 1. The van der Waals surface area contributed by atoms with Gasteiger partial charge in [0.15, 0.2) is 5.13 Å². The quantitative estimate of drug-likeness (QED) is 0.882. The number of anilines is 1. The maximum Gasteiger partial charge on any atom is 0.311 e. The lowest BCUT2D eigenvalue weighted by Crippen LogP contribution is -2.12. The van der Waals surface area contributed by atoms with E-state index in [0.29, 0.717) is 16.4 Å². The summed E-state index contributed by atoms with van der Waals surface area (Å²) in [5.74, 6) is -0.565. The zero-order valence-electron chi connectivity index (χ0n) is 12.1. The van der Waals surface area contributed by atoms with Gasteiger partial charge >= 0.3 is 5.97 Å². The van der Waals surface area contributed by atoms with Crippen LogP contribution in [0.2, 0.25) is 0 Å². The molecule has 0 aliphatic carbocycles. The standard InChI is InChI=1S/C15H16N2O3S/c1-9-4-5-11(6-10(9)2)14(19)17-15-16-12(8-21-15)7-13(18)20-3/h4-6,8H,7H2,1-3H3,(H,16,17,19). The first-order valence-electron chi connectivity index (χ1n) is 6.39. The van der Waals surface area contributed by atoms with E-state index in [1.54, 1.807) is 11.4 Å². The van der Waals surface area contributed by atoms with Crippen molar-refractivity contribution in [1.29, 1.82) is 0 Å². The average molecular weight is 304 g/mol. The Balaban J connectivity index is 2.05. The van der Waals surface area contributed by atoms with E-state index in [1.165, 1.54) is 18.4 Å². The second kappa shape index (κ2) is 6.49. The largest absolute Gasteiger partial charge is 0.469 e. The summed E-state index contributed by atoms with van der Waals surface area (Å²) in [7, 11) is 1.33. The molecule has 2 aromatic rings. The predicted octanol–water partition coefficient (Wildman–Crippen LogP) is 2.73. The van der Waals surface area contributed by atoms with Gasteiger partial charge in [-0.15, -0.1) is 11.3 Å². The number of thiazole rings is 1. The molecule has 5 nitrogen and oxygen atoms in total. The fraction of sp³-hybridized carbons (Fsp3) is 0.267. The van der Waals surface area contributed by atoms with E-state index in [0.717, 1.165) is 11.1 Å². The highest BCUT2D eigenvalue weighted by Gasteiger charge is 2.11. The molecule has 0 fully saturated rings. The molecule has 6 heteroatoms. The van der Waals surface area contributed by atoms with E-state index in [4.69, 9.17) is 0 Å². The van der Waals surface area contributed by atoms with Crippen molar-refractivity contribution >= 4 is 28.3 Å². The number of ether oxygens (including phenoxy) is 1. The molecule has 1 N–H and O–H groups in total. The molecule has 0 aliphatic rings. The van der Waals surface area contributed by atoms with Gasteiger partial charge in [0.05, 0.1) is 19.2 Å². The van der Waals surface area contributed by atoms with Crippen LogP contribution in [0.25, 0.3) is 0 Å². The van der Waals surface area contributed by atoms with E-state index in [2.05, 4.69) is 15.0 Å². The Bertz CT molecular complexity index is 679. The Morgan fingerprint density at radius 2 is 2.05 bits per heavy atom. The summed E-state index contributed by atoms with van der Waals surface area (Å²) in [4.78, 5) is 27.5. The molecule has 0 unspecified atom stereocenters. The number of nitrogens with one attached hydrogen (secondary N) is 1. The van der Waals surface area contributed by atoms with Crippen molar-refractivity contribution in [2.75, 3.05) is 12.4 Å². The molecule has 21 heavy (non-hydrogen) atoms. The molecule has 0 aliphatic heterocycles. The molecular weight excluding hydrogens is 288 g/mol. The maximum atomic E-state index is 12.1. The van der Waals surface area contributed by atoms with Crippen molar-refractivity contribution < 1.29 is 14.3 Å². The Kier molecular flexibility index (Phi) is 4.70. The lowest BCUT2D eigenvalue weighted by Gasteiger charge is -2.04. The fourth-order valence-electron chi connectivity index (χ4n) is 1.72. The fourth-order valence-corrected chi connectivity index (χ4v) is 2.42. The molecule has 0 spiro atoms. The van der Waals surface area contributed by atoms with Crippen LogP contribution in [0.3, 0.4) is 0 Å². The summed E-state index contributed by atoms with van der Waals surface area (Å²) in [6, 6.07) is 5.53. The minimum absolute atomic E-state index is 0.104. The molecule has 110 valence electrons. The summed E-state index contributed by atoms with van der Waals surface area (Å²) in [5.41, 5.74) is 3.37. The third-order valence-electron chi connectivity index (χ3n) is 3.09. The number of aryl methyl sites for hydroxylation is 2. The molecule has 0 saturated heterocycles. The average Bonchev–Trinajstić information content (AvgIpc) is 2.88. The minimum atomic E-state index is -0.354. The molecule has 1 aromatic carbocycles. The topological polar surface area (TPSA) is 68.3 Å². The van der Waals surface area contributed by atoms with Crippen LogP contribution >= 0.6 is 11.3 Å². The number of hydrogen-bond acceptors (Lipinski definition) is 5. The third-order valence-corrected chi connectivity index (χ3v) is 3.90. The molecule has 0 radical (unpaired) electrons. The number of methoxy groups -OCH3 is 1. The highest BCUT2D eigenvalue weighted by atomic mass is 32.1. The van der Waals surface area contributed by atoms with Crippen LogP contribution in [0.15, 0.2) is 23.6 Å². The summed E-state index contributed by atoms with van der Waals surface area (Å²) in [6.45, 7) is 3.96. The Labute approximate surface area is 127 Å². The Hall–Kier alpha value is -2.21. The molecule has 2 rings (SSSR count). The van der Waals surface area contributed by atoms with E-state index in [9.17, 15) is 9.59 Å². The van der Waals surface area contributed by atoms with Crippen LogP contribution in [0.4, 0.5) is 5.13 Å². The number of esters is 1. The van der Waals surface area contributed by atoms with Gasteiger partial charge < -0.3 is 4.74 Å². The zero-order valence-corrected chi connectivity index (χ0v) is 12.9. The number of hydrogen-bond donors (Lipinski definition) is 1. The van der Waals surface area contributed by atoms with Gasteiger partial charge in [0.1, 0.15) is 0 Å². The minimum Gasteiger partial charge on any atom is -0.469 e. The van der Waals surface area contributed by atoms with Crippen LogP contribution < -0.4 is 5.32 Å². The Morgan fingerprint density at radius 3 is 2.71 bits per heavy atom. The van der Waals surface area contributed by atoms with Crippen LogP contribution in [-0.4, -0.2) is 24.0 Å². The van der Waals surface area contributed by atoms with Gasteiger partial charge in [0, 0.05) is 10.9 Å². The first-order valence-corrected chi connectivity index (χ1v) is 7.27. The van der Waals surface area contributed by atoms with Crippen LogP contribution in [0.1, 0.15) is 27.2 Å². The van der Waals surface area contributed by atoms with Gasteiger partial charge in [0.25, 0.3) is 5.91 Å². The van der Waals surface area contributed by atoms with Crippen molar-refractivity contribution in [3.63, 3.8) is 0 Å². The van der Waals surface area contributed by atoms with E-state index in [-0.39, 0.29) is 18.3 Å². The van der Waals surface area contributed by atoms with E-state index >= 15 is 0 Å². The lowest BCUT2D eigenvalue weighted by atomic mass is 10.1. The van der Waals surface area contributed by atoms with Gasteiger partial charge in [-0.3, -0.25) is 14.9 Å². The van der Waals surface area contributed by atoms with Crippen molar-refractivity contribution in [2.45, 2.75) is 20.3 Å². The molecule has 0 saturated carbocycles. The van der Waals surface area contributed by atoms with Gasteiger partial charge in [-0.05, 0) is 37.1 Å². The highest BCUT2D eigenvalue weighted by Crippen LogP contribution is 2.18. The summed E-state index contributed by atoms with van der Waals surface area (Å²) < 4.78 is 4.58. The number of nitrogens with zero attached hydrogens (tertiary/aromatic N) is 1. The molecular formula is C15H16N2O3S. The summed E-state index contributed by atoms with van der Waals surface area (Å²) in [6.07, 6.45) is 0.104. The molecule has 0 atom stereocenters. The van der Waals surface area contributed by atoms with Crippen LogP contribution in [0, 0.1) is 13.8 Å². The molecule has 1 amide bonds. The monoisotopic (exact) mass is 304 g/mol. The lowest BCUT2D eigenvalue weighted by molar-refractivity contribution is -0.139. The first-order chi connectivity index (χ1) is 9.99. The van der Waals surface area contributed by atoms with Gasteiger partial charge in [-0.25, -0.2) is 4.98 Å². The van der Waals surface area contributed by atoms with Gasteiger partial charge in [-0.1, -0.05) is 6.07 Å². The van der Waals surface area contributed by atoms with Crippen molar-refractivity contribution in [3.05, 3.63) is 46.0 Å². The molecule has 1 aromatic heterocycles. The summed E-state index contributed by atoms with van der Waals surface area (Å²) >= 11 is 1.28. The van der Waals surface area contributed by atoms with Gasteiger partial charge in [-0.2, -0.15) is 0 Å². The number of carbonyl (C=O) groups excluding carboxylic acids is 2. The SMILES string of the molecule is COC(=O)Cc1csc(NC(=O)c2ccc(C)c(C)c2)n1. The van der Waals surface area contributed by atoms with Crippen molar-refractivity contribution in [1.82, 2.24) is 4.98 Å². The number of rotatable bonds is 4. The van der Waals surface area contributed by atoms with E-state index in [1.807, 2.05) is 26.0 Å². The molecule has 1 heterocycles. The normalized spacial score (nSPS) is 10.2. The second-order valence-electron chi connectivity index (χ2n) is 4.65. The van der Waals surface area contributed by atoms with Crippen molar-refractivity contribution in [2.24, 2.45) is 0 Å². The second-order valence-corrected chi connectivity index (χ2v) is 5.51. The van der Waals surface area contributed by atoms with E-state index < -0.39 is 0 Å².